The van der Waals surface area contributed by atoms with Gasteiger partial charge in [-0.25, -0.2) is 4.79 Å². The lowest BCUT2D eigenvalue weighted by Crippen LogP contribution is -2.47. The molecule has 0 unspecified atom stereocenters. The Morgan fingerprint density at radius 2 is 1.71 bits per heavy atom. The molecular weight excluding hydrogens is 354 g/mol. The minimum atomic E-state index is -0.531. The van der Waals surface area contributed by atoms with E-state index in [1.807, 2.05) is 75.4 Å². The first kappa shape index (κ1) is 19.7. The Morgan fingerprint density at radius 3 is 2.43 bits per heavy atom. The smallest absolute Gasteiger partial charge is 0.338 e. The number of benzene rings is 2. The maximum atomic E-state index is 12.8. The van der Waals surface area contributed by atoms with E-state index in [1.54, 1.807) is 11.0 Å². The van der Waals surface area contributed by atoms with E-state index in [9.17, 15) is 9.59 Å². The lowest BCUT2D eigenvalue weighted by atomic mass is 10.0. The maximum Gasteiger partial charge on any atom is 0.338 e. The van der Waals surface area contributed by atoms with Crippen LogP contribution in [0.25, 0.3) is 6.08 Å². The normalized spacial score (nSPS) is 13.0. The molecule has 0 spiro atoms. The van der Waals surface area contributed by atoms with Crippen LogP contribution in [0, 0.1) is 0 Å². The second kappa shape index (κ2) is 8.30. The van der Waals surface area contributed by atoms with Crippen LogP contribution >= 0.6 is 0 Å². The van der Waals surface area contributed by atoms with Gasteiger partial charge in [-0.05, 0) is 38.5 Å². The number of carbonyl (C=O) groups is 2. The molecule has 0 fully saturated rings. The van der Waals surface area contributed by atoms with Crippen molar-refractivity contribution in [3.8, 4) is 5.75 Å². The molecule has 28 heavy (non-hydrogen) atoms. The molecule has 5 heteroatoms. The monoisotopic (exact) mass is 379 g/mol. The molecule has 0 N–H and O–H groups in total. The fourth-order valence-corrected chi connectivity index (χ4v) is 3.00. The standard InChI is InChI=1S/C23H25NO4/c1-23(2,3)24(14-17-9-5-4-6-10-17)21(25)16-28-22(26)19-13-18-11-7-8-12-20(18)27-15-19/h4-13H,14-16H2,1-3H3. The molecule has 1 aliphatic heterocycles. The number of hydrogen-bond donors (Lipinski definition) is 0. The van der Waals surface area contributed by atoms with Gasteiger partial charge in [0.1, 0.15) is 12.4 Å². The van der Waals surface area contributed by atoms with Crippen molar-refractivity contribution in [2.75, 3.05) is 13.2 Å². The minimum Gasteiger partial charge on any atom is -0.488 e. The number of esters is 1. The molecule has 0 aromatic heterocycles. The van der Waals surface area contributed by atoms with Gasteiger partial charge in [-0.2, -0.15) is 0 Å². The summed E-state index contributed by atoms with van der Waals surface area (Å²) in [7, 11) is 0. The zero-order valence-corrected chi connectivity index (χ0v) is 16.5. The largest absolute Gasteiger partial charge is 0.488 e. The molecule has 5 nitrogen and oxygen atoms in total. The first-order valence-electron chi connectivity index (χ1n) is 9.28. The average Bonchev–Trinajstić information content (AvgIpc) is 2.69. The number of carbonyl (C=O) groups excluding carboxylic acids is 2. The molecular formula is C23H25NO4. The Balaban J connectivity index is 1.64. The third kappa shape index (κ3) is 4.80. The summed E-state index contributed by atoms with van der Waals surface area (Å²) in [5.74, 6) is -0.0317. The summed E-state index contributed by atoms with van der Waals surface area (Å²) in [5.41, 5.74) is 1.85. The van der Waals surface area contributed by atoms with Crippen molar-refractivity contribution >= 4 is 18.0 Å². The van der Waals surface area contributed by atoms with Gasteiger partial charge in [0, 0.05) is 17.6 Å². The molecule has 0 bridgehead atoms. The molecule has 1 amide bonds. The van der Waals surface area contributed by atoms with Gasteiger partial charge < -0.3 is 14.4 Å². The van der Waals surface area contributed by atoms with E-state index in [2.05, 4.69) is 0 Å². The summed E-state index contributed by atoms with van der Waals surface area (Å²) in [5, 5.41) is 0. The number of nitrogens with zero attached hydrogens (tertiary/aromatic N) is 1. The predicted octanol–water partition coefficient (Wildman–Crippen LogP) is 3.83. The van der Waals surface area contributed by atoms with Gasteiger partial charge in [-0.15, -0.1) is 0 Å². The van der Waals surface area contributed by atoms with E-state index in [1.165, 1.54) is 0 Å². The van der Waals surface area contributed by atoms with Gasteiger partial charge >= 0.3 is 5.97 Å². The molecule has 2 aromatic rings. The van der Waals surface area contributed by atoms with E-state index in [0.717, 1.165) is 16.9 Å². The van der Waals surface area contributed by atoms with Gasteiger partial charge in [-0.3, -0.25) is 4.79 Å². The highest BCUT2D eigenvalue weighted by atomic mass is 16.5. The lowest BCUT2D eigenvalue weighted by Gasteiger charge is -2.35. The topological polar surface area (TPSA) is 55.8 Å². The van der Waals surface area contributed by atoms with Crippen LogP contribution in [0.5, 0.6) is 5.75 Å². The van der Waals surface area contributed by atoms with Crippen LogP contribution in [0.4, 0.5) is 0 Å². The Hall–Kier alpha value is -3.08. The van der Waals surface area contributed by atoms with E-state index in [-0.39, 0.29) is 19.1 Å². The van der Waals surface area contributed by atoms with E-state index < -0.39 is 11.5 Å². The van der Waals surface area contributed by atoms with Crippen molar-refractivity contribution in [3.05, 3.63) is 71.3 Å². The summed E-state index contributed by atoms with van der Waals surface area (Å²) in [6.07, 6.45) is 1.75. The summed E-state index contributed by atoms with van der Waals surface area (Å²) in [4.78, 5) is 26.9. The second-order valence-electron chi connectivity index (χ2n) is 7.71. The summed E-state index contributed by atoms with van der Waals surface area (Å²) in [6.45, 7) is 6.18. The fraction of sp³-hybridized carbons (Fsp3) is 0.304. The third-order valence-electron chi connectivity index (χ3n) is 4.52. The molecule has 3 rings (SSSR count). The van der Waals surface area contributed by atoms with Crippen molar-refractivity contribution in [1.82, 2.24) is 4.90 Å². The van der Waals surface area contributed by atoms with Gasteiger partial charge in [0.05, 0.1) is 5.57 Å². The maximum absolute atomic E-state index is 12.8. The zero-order valence-electron chi connectivity index (χ0n) is 16.5. The van der Waals surface area contributed by atoms with Gasteiger partial charge in [-0.1, -0.05) is 48.5 Å². The van der Waals surface area contributed by atoms with Crippen LogP contribution in [-0.2, 0) is 20.9 Å². The van der Waals surface area contributed by atoms with Crippen LogP contribution in [-0.4, -0.2) is 35.5 Å². The Labute approximate surface area is 165 Å². The Morgan fingerprint density at radius 1 is 1.04 bits per heavy atom. The average molecular weight is 379 g/mol. The Bertz CT molecular complexity index is 881. The van der Waals surface area contributed by atoms with Gasteiger partial charge in [0.25, 0.3) is 5.91 Å². The highest BCUT2D eigenvalue weighted by molar-refractivity contribution is 5.96. The van der Waals surface area contributed by atoms with Crippen LogP contribution in [0.2, 0.25) is 0 Å². The zero-order chi connectivity index (χ0) is 20.1. The summed E-state index contributed by atoms with van der Waals surface area (Å²) < 4.78 is 10.9. The van der Waals surface area contributed by atoms with Crippen molar-refractivity contribution in [1.29, 1.82) is 0 Å². The number of para-hydroxylation sites is 1. The molecule has 2 aromatic carbocycles. The quantitative estimate of drug-likeness (QED) is 0.741. The molecule has 0 saturated carbocycles. The molecule has 0 radical (unpaired) electrons. The van der Waals surface area contributed by atoms with Gasteiger partial charge in [0.15, 0.2) is 6.61 Å². The summed E-state index contributed by atoms with van der Waals surface area (Å²) >= 11 is 0. The second-order valence-corrected chi connectivity index (χ2v) is 7.71. The van der Waals surface area contributed by atoms with Crippen LogP contribution in [0.15, 0.2) is 60.2 Å². The first-order chi connectivity index (χ1) is 13.3. The van der Waals surface area contributed by atoms with Crippen LogP contribution in [0.1, 0.15) is 31.9 Å². The van der Waals surface area contributed by atoms with Crippen molar-refractivity contribution in [2.24, 2.45) is 0 Å². The Kier molecular flexibility index (Phi) is 5.83. The molecule has 0 saturated heterocycles. The first-order valence-corrected chi connectivity index (χ1v) is 9.28. The minimum absolute atomic E-state index is 0.136. The van der Waals surface area contributed by atoms with Gasteiger partial charge in [0.2, 0.25) is 0 Å². The molecule has 146 valence electrons. The summed E-state index contributed by atoms with van der Waals surface area (Å²) in [6, 6.07) is 17.2. The van der Waals surface area contributed by atoms with E-state index in [0.29, 0.717) is 12.1 Å². The van der Waals surface area contributed by atoms with E-state index >= 15 is 0 Å². The number of ether oxygens (including phenoxy) is 2. The van der Waals surface area contributed by atoms with Crippen molar-refractivity contribution in [2.45, 2.75) is 32.9 Å². The van der Waals surface area contributed by atoms with Crippen LogP contribution < -0.4 is 4.74 Å². The van der Waals surface area contributed by atoms with Crippen LogP contribution in [0.3, 0.4) is 0 Å². The van der Waals surface area contributed by atoms with E-state index in [4.69, 9.17) is 9.47 Å². The van der Waals surface area contributed by atoms with Crippen molar-refractivity contribution < 1.29 is 19.1 Å². The number of amides is 1. The molecule has 0 atom stereocenters. The molecule has 1 heterocycles. The number of rotatable bonds is 5. The number of fused-ring (bicyclic) bond motifs is 1. The molecule has 0 aliphatic carbocycles. The third-order valence-corrected chi connectivity index (χ3v) is 4.52. The predicted molar refractivity (Wildman–Crippen MR) is 108 cm³/mol. The molecule has 1 aliphatic rings. The lowest BCUT2D eigenvalue weighted by molar-refractivity contribution is -0.152. The highest BCUT2D eigenvalue weighted by Crippen LogP contribution is 2.26. The highest BCUT2D eigenvalue weighted by Gasteiger charge is 2.28. The number of hydrogen-bond acceptors (Lipinski definition) is 4. The van der Waals surface area contributed by atoms with Crippen molar-refractivity contribution in [3.63, 3.8) is 0 Å². The fourth-order valence-electron chi connectivity index (χ4n) is 3.00. The SMILES string of the molecule is CC(C)(C)N(Cc1ccccc1)C(=O)COC(=O)C1=Cc2ccccc2OC1.